The number of carboxylic acid groups (broad SMARTS) is 1. The minimum atomic E-state index is -0.897. The lowest BCUT2D eigenvalue weighted by molar-refractivity contribution is -0.140. The molecule has 2 N–H and O–H groups in total. The Hall–Kier alpha value is -1.13. The van der Waals surface area contributed by atoms with E-state index in [1.54, 1.807) is 6.07 Å². The number of benzene rings is 1. The lowest BCUT2D eigenvalue weighted by atomic mass is 10.0. The molecule has 0 unspecified atom stereocenters. The van der Waals surface area contributed by atoms with Crippen LogP contribution < -0.4 is 5.32 Å². The average Bonchev–Trinajstić information content (AvgIpc) is 2.21. The van der Waals surface area contributed by atoms with Gasteiger partial charge in [0.2, 0.25) is 0 Å². The molecule has 1 aromatic rings. The SMILES string of the molecule is CC(C)C[C@H](NCc1cc(F)cc(Cl)c1)C(=O)O. The first kappa shape index (κ1) is 14.9. The third-order valence-electron chi connectivity index (χ3n) is 2.48. The quantitative estimate of drug-likeness (QED) is 0.837. The molecule has 0 heterocycles. The molecule has 5 heteroatoms. The maximum atomic E-state index is 13.1. The van der Waals surface area contributed by atoms with Crippen molar-refractivity contribution in [2.75, 3.05) is 0 Å². The van der Waals surface area contributed by atoms with Crippen LogP contribution in [-0.4, -0.2) is 17.1 Å². The van der Waals surface area contributed by atoms with Crippen molar-refractivity contribution < 1.29 is 14.3 Å². The van der Waals surface area contributed by atoms with E-state index in [1.807, 2.05) is 13.8 Å². The molecule has 0 bridgehead atoms. The molecule has 1 aromatic carbocycles. The Morgan fingerprint density at radius 3 is 2.61 bits per heavy atom. The summed E-state index contributed by atoms with van der Waals surface area (Å²) in [6, 6.07) is 3.54. The van der Waals surface area contributed by atoms with Crippen molar-refractivity contribution in [3.8, 4) is 0 Å². The Balaban J connectivity index is 2.63. The highest BCUT2D eigenvalue weighted by Gasteiger charge is 2.18. The Bertz CT molecular complexity index is 403. The second-order valence-corrected chi connectivity index (χ2v) is 5.12. The van der Waals surface area contributed by atoms with Crippen LogP contribution in [0.3, 0.4) is 0 Å². The molecule has 0 saturated carbocycles. The molecule has 1 atom stereocenters. The van der Waals surface area contributed by atoms with E-state index in [-0.39, 0.29) is 12.5 Å². The highest BCUT2D eigenvalue weighted by atomic mass is 35.5. The molecule has 0 spiro atoms. The Labute approximate surface area is 111 Å². The summed E-state index contributed by atoms with van der Waals surface area (Å²) in [6.07, 6.45) is 0.526. The zero-order chi connectivity index (χ0) is 13.7. The summed E-state index contributed by atoms with van der Waals surface area (Å²) in [5, 5.41) is 12.3. The predicted molar refractivity (Wildman–Crippen MR) is 69.1 cm³/mol. The van der Waals surface area contributed by atoms with E-state index < -0.39 is 17.8 Å². The lowest BCUT2D eigenvalue weighted by Crippen LogP contribution is -2.37. The molecule has 1 rings (SSSR count). The van der Waals surface area contributed by atoms with Crippen molar-refractivity contribution in [2.45, 2.75) is 32.9 Å². The fourth-order valence-electron chi connectivity index (χ4n) is 1.70. The zero-order valence-electron chi connectivity index (χ0n) is 10.4. The minimum absolute atomic E-state index is 0.273. The van der Waals surface area contributed by atoms with Crippen molar-refractivity contribution in [2.24, 2.45) is 5.92 Å². The standard InChI is InChI=1S/C13H17ClFNO2/c1-8(2)3-12(13(17)18)16-7-9-4-10(14)6-11(15)5-9/h4-6,8,12,16H,3,7H2,1-2H3,(H,17,18)/t12-/m0/s1. The molecule has 100 valence electrons. The van der Waals surface area contributed by atoms with Gasteiger partial charge >= 0.3 is 5.97 Å². The summed E-state index contributed by atoms with van der Waals surface area (Å²) in [5.41, 5.74) is 0.634. The van der Waals surface area contributed by atoms with Gasteiger partial charge in [-0.1, -0.05) is 25.4 Å². The second kappa shape index (κ2) is 6.71. The minimum Gasteiger partial charge on any atom is -0.480 e. The number of nitrogens with one attached hydrogen (secondary N) is 1. The third-order valence-corrected chi connectivity index (χ3v) is 2.70. The molecule has 0 amide bonds. The van der Waals surface area contributed by atoms with Gasteiger partial charge in [0.25, 0.3) is 0 Å². The molecule has 0 aliphatic heterocycles. The molecule has 0 aliphatic rings. The van der Waals surface area contributed by atoms with Gasteiger partial charge in [0.05, 0.1) is 0 Å². The summed E-state index contributed by atoms with van der Waals surface area (Å²) in [5.74, 6) is -1.05. The topological polar surface area (TPSA) is 49.3 Å². The van der Waals surface area contributed by atoms with Crippen LogP contribution in [0.5, 0.6) is 0 Å². The van der Waals surface area contributed by atoms with Gasteiger partial charge in [0.15, 0.2) is 0 Å². The number of hydrogen-bond acceptors (Lipinski definition) is 2. The number of carboxylic acids is 1. The van der Waals surface area contributed by atoms with Crippen molar-refractivity contribution >= 4 is 17.6 Å². The van der Waals surface area contributed by atoms with Crippen molar-refractivity contribution in [3.05, 3.63) is 34.6 Å². The van der Waals surface area contributed by atoms with Gasteiger partial charge in [-0.2, -0.15) is 0 Å². The van der Waals surface area contributed by atoms with Crippen LogP contribution in [0, 0.1) is 11.7 Å². The van der Waals surface area contributed by atoms with Crippen molar-refractivity contribution in [1.29, 1.82) is 0 Å². The molecule has 18 heavy (non-hydrogen) atoms. The molecule has 0 aromatic heterocycles. The summed E-state index contributed by atoms with van der Waals surface area (Å²) in [6.45, 7) is 4.19. The molecular formula is C13H17ClFNO2. The number of aliphatic carboxylic acids is 1. The molecule has 0 aliphatic carbocycles. The summed E-state index contributed by atoms with van der Waals surface area (Å²) >= 11 is 5.73. The highest BCUT2D eigenvalue weighted by Crippen LogP contribution is 2.14. The van der Waals surface area contributed by atoms with Gasteiger partial charge in [-0.05, 0) is 36.1 Å². The maximum absolute atomic E-state index is 13.1. The zero-order valence-corrected chi connectivity index (χ0v) is 11.2. The summed E-state index contributed by atoms with van der Waals surface area (Å²) < 4.78 is 13.1. The third kappa shape index (κ3) is 5.02. The highest BCUT2D eigenvalue weighted by molar-refractivity contribution is 6.30. The van der Waals surface area contributed by atoms with Crippen molar-refractivity contribution in [3.63, 3.8) is 0 Å². The van der Waals surface area contributed by atoms with E-state index in [4.69, 9.17) is 16.7 Å². The number of hydrogen-bond donors (Lipinski definition) is 2. The second-order valence-electron chi connectivity index (χ2n) is 4.68. The first-order valence-electron chi connectivity index (χ1n) is 5.79. The Morgan fingerprint density at radius 2 is 2.11 bits per heavy atom. The van der Waals surface area contributed by atoms with Gasteiger partial charge in [0, 0.05) is 11.6 Å². The molecule has 0 fully saturated rings. The molecule has 0 saturated heterocycles. The Kier molecular flexibility index (Phi) is 5.56. The summed E-state index contributed by atoms with van der Waals surface area (Å²) in [7, 11) is 0. The number of carbonyl (C=O) groups is 1. The van der Waals surface area contributed by atoms with E-state index in [0.29, 0.717) is 17.0 Å². The lowest BCUT2D eigenvalue weighted by Gasteiger charge is -2.16. The van der Waals surface area contributed by atoms with E-state index in [9.17, 15) is 9.18 Å². The van der Waals surface area contributed by atoms with Crippen LogP contribution in [-0.2, 0) is 11.3 Å². The predicted octanol–water partition coefficient (Wildman–Crippen LogP) is 3.07. The fourth-order valence-corrected chi connectivity index (χ4v) is 1.94. The first-order chi connectivity index (χ1) is 8.38. The largest absolute Gasteiger partial charge is 0.480 e. The monoisotopic (exact) mass is 273 g/mol. The van der Waals surface area contributed by atoms with Gasteiger partial charge in [-0.3, -0.25) is 4.79 Å². The normalized spacial score (nSPS) is 12.7. The fraction of sp³-hybridized carbons (Fsp3) is 0.462. The van der Waals surface area contributed by atoms with E-state index in [0.717, 1.165) is 0 Å². The molecule has 3 nitrogen and oxygen atoms in total. The van der Waals surface area contributed by atoms with Crippen LogP contribution in [0.2, 0.25) is 5.02 Å². The average molecular weight is 274 g/mol. The van der Waals surface area contributed by atoms with Crippen LogP contribution in [0.25, 0.3) is 0 Å². The van der Waals surface area contributed by atoms with Crippen molar-refractivity contribution in [1.82, 2.24) is 5.32 Å². The van der Waals surface area contributed by atoms with Gasteiger partial charge in [0.1, 0.15) is 11.9 Å². The number of rotatable bonds is 6. The Morgan fingerprint density at radius 1 is 1.44 bits per heavy atom. The van der Waals surface area contributed by atoms with E-state index in [1.165, 1.54) is 12.1 Å². The first-order valence-corrected chi connectivity index (χ1v) is 6.17. The smallest absolute Gasteiger partial charge is 0.320 e. The maximum Gasteiger partial charge on any atom is 0.320 e. The number of halogens is 2. The molecule has 0 radical (unpaired) electrons. The van der Waals surface area contributed by atoms with Crippen LogP contribution >= 0.6 is 11.6 Å². The molecular weight excluding hydrogens is 257 g/mol. The van der Waals surface area contributed by atoms with Crippen LogP contribution in [0.4, 0.5) is 4.39 Å². The van der Waals surface area contributed by atoms with Crippen LogP contribution in [0.1, 0.15) is 25.8 Å². The van der Waals surface area contributed by atoms with Gasteiger partial charge in [-0.25, -0.2) is 4.39 Å². The van der Waals surface area contributed by atoms with Gasteiger partial charge in [-0.15, -0.1) is 0 Å². The van der Waals surface area contributed by atoms with Gasteiger partial charge < -0.3 is 10.4 Å². The van der Waals surface area contributed by atoms with E-state index in [2.05, 4.69) is 5.32 Å². The summed E-state index contributed by atoms with van der Waals surface area (Å²) in [4.78, 5) is 11.0. The van der Waals surface area contributed by atoms with Crippen LogP contribution in [0.15, 0.2) is 18.2 Å². The van der Waals surface area contributed by atoms with E-state index >= 15 is 0 Å².